The van der Waals surface area contributed by atoms with Crippen LogP contribution in [0.2, 0.25) is 0 Å². The molecule has 2 aliphatic heterocycles. The van der Waals surface area contributed by atoms with Crippen LogP contribution in [-0.4, -0.2) is 28.4 Å². The van der Waals surface area contributed by atoms with Crippen molar-refractivity contribution in [2.24, 2.45) is 5.92 Å². The van der Waals surface area contributed by atoms with E-state index in [1.165, 1.54) is 12.8 Å². The van der Waals surface area contributed by atoms with Crippen molar-refractivity contribution in [1.82, 2.24) is 15.3 Å². The Bertz CT molecular complexity index is 585. The van der Waals surface area contributed by atoms with Crippen molar-refractivity contribution in [2.75, 3.05) is 18.0 Å². The first kappa shape index (κ1) is 14.3. The Kier molecular flexibility index (Phi) is 4.35. The summed E-state index contributed by atoms with van der Waals surface area (Å²) in [5.41, 5.74) is 1.83. The normalized spacial score (nSPS) is 24.9. The SMILES string of the molecule is CC1CCCN(c2ncc(C#CC3=CSC(C)N3)cn2)C1. The van der Waals surface area contributed by atoms with Crippen molar-refractivity contribution in [3.8, 4) is 11.8 Å². The van der Waals surface area contributed by atoms with Gasteiger partial charge in [-0.2, -0.15) is 0 Å². The molecule has 1 saturated heterocycles. The molecule has 2 atom stereocenters. The lowest BCUT2D eigenvalue weighted by Crippen LogP contribution is -2.35. The summed E-state index contributed by atoms with van der Waals surface area (Å²) in [6.07, 6.45) is 6.17. The highest BCUT2D eigenvalue weighted by atomic mass is 32.2. The molecule has 0 radical (unpaired) electrons. The number of hydrogen-bond donors (Lipinski definition) is 1. The quantitative estimate of drug-likeness (QED) is 0.807. The summed E-state index contributed by atoms with van der Waals surface area (Å²) in [5.74, 6) is 7.78. The number of allylic oxidation sites excluding steroid dienone is 1. The standard InChI is InChI=1S/C16H20N4S/c1-12-4-3-7-20(10-12)16-17-8-14(9-18-16)5-6-15-11-21-13(2)19-15/h8-9,11-13,19H,3-4,7,10H2,1-2H3. The van der Waals surface area contributed by atoms with E-state index in [2.05, 4.69) is 51.3 Å². The van der Waals surface area contributed by atoms with Crippen LogP contribution >= 0.6 is 11.8 Å². The third-order valence-corrected chi connectivity index (χ3v) is 4.57. The van der Waals surface area contributed by atoms with E-state index in [9.17, 15) is 0 Å². The minimum absolute atomic E-state index is 0.411. The Balaban J connectivity index is 1.66. The summed E-state index contributed by atoms with van der Waals surface area (Å²) in [7, 11) is 0. The van der Waals surface area contributed by atoms with Gasteiger partial charge in [-0.15, -0.1) is 11.8 Å². The first-order valence-corrected chi connectivity index (χ1v) is 8.36. The molecule has 110 valence electrons. The van der Waals surface area contributed by atoms with Crippen molar-refractivity contribution in [3.05, 3.63) is 29.1 Å². The Morgan fingerprint density at radius 1 is 1.29 bits per heavy atom. The summed E-state index contributed by atoms with van der Waals surface area (Å²) in [6.45, 7) is 6.51. The fraction of sp³-hybridized carbons (Fsp3) is 0.500. The molecule has 5 heteroatoms. The summed E-state index contributed by atoms with van der Waals surface area (Å²) >= 11 is 1.75. The average Bonchev–Trinajstić information content (AvgIpc) is 2.91. The van der Waals surface area contributed by atoms with Gasteiger partial charge in [0, 0.05) is 30.9 Å². The van der Waals surface area contributed by atoms with Crippen LogP contribution in [0.3, 0.4) is 0 Å². The van der Waals surface area contributed by atoms with Crippen molar-refractivity contribution in [1.29, 1.82) is 0 Å². The van der Waals surface area contributed by atoms with Crippen LogP contribution in [0.25, 0.3) is 0 Å². The van der Waals surface area contributed by atoms with Gasteiger partial charge in [0.2, 0.25) is 5.95 Å². The van der Waals surface area contributed by atoms with Gasteiger partial charge in [-0.3, -0.25) is 0 Å². The number of piperidine rings is 1. The van der Waals surface area contributed by atoms with E-state index in [-0.39, 0.29) is 0 Å². The molecule has 0 spiro atoms. The zero-order valence-electron chi connectivity index (χ0n) is 12.5. The highest BCUT2D eigenvalue weighted by Gasteiger charge is 2.18. The van der Waals surface area contributed by atoms with E-state index in [0.29, 0.717) is 5.37 Å². The zero-order valence-corrected chi connectivity index (χ0v) is 13.3. The van der Waals surface area contributed by atoms with Gasteiger partial charge >= 0.3 is 0 Å². The molecule has 1 N–H and O–H groups in total. The van der Waals surface area contributed by atoms with Crippen LogP contribution in [-0.2, 0) is 0 Å². The van der Waals surface area contributed by atoms with E-state index in [1.807, 2.05) is 12.4 Å². The topological polar surface area (TPSA) is 41.1 Å². The maximum Gasteiger partial charge on any atom is 0.225 e. The molecule has 0 aliphatic carbocycles. The van der Waals surface area contributed by atoms with Crippen LogP contribution in [0.4, 0.5) is 5.95 Å². The predicted molar refractivity (Wildman–Crippen MR) is 87.8 cm³/mol. The smallest absolute Gasteiger partial charge is 0.225 e. The number of anilines is 1. The summed E-state index contributed by atoms with van der Waals surface area (Å²) < 4.78 is 0. The summed E-state index contributed by atoms with van der Waals surface area (Å²) in [5, 5.41) is 5.76. The van der Waals surface area contributed by atoms with Crippen molar-refractivity contribution in [3.63, 3.8) is 0 Å². The van der Waals surface area contributed by atoms with E-state index in [1.54, 1.807) is 11.8 Å². The maximum atomic E-state index is 4.46. The molecular weight excluding hydrogens is 280 g/mol. The van der Waals surface area contributed by atoms with Gasteiger partial charge in [0.15, 0.2) is 0 Å². The highest BCUT2D eigenvalue weighted by Crippen LogP contribution is 2.20. The van der Waals surface area contributed by atoms with Crippen LogP contribution in [0.5, 0.6) is 0 Å². The lowest BCUT2D eigenvalue weighted by molar-refractivity contribution is 0.442. The number of hydrogen-bond acceptors (Lipinski definition) is 5. The van der Waals surface area contributed by atoms with Gasteiger partial charge in [-0.05, 0) is 31.6 Å². The van der Waals surface area contributed by atoms with Crippen LogP contribution in [0, 0.1) is 17.8 Å². The molecule has 2 unspecified atom stereocenters. The van der Waals surface area contributed by atoms with Crippen molar-refractivity contribution in [2.45, 2.75) is 32.1 Å². The Morgan fingerprint density at radius 2 is 2.10 bits per heavy atom. The second kappa shape index (κ2) is 6.40. The first-order valence-electron chi connectivity index (χ1n) is 7.42. The molecule has 0 aromatic carbocycles. The van der Waals surface area contributed by atoms with E-state index in [0.717, 1.165) is 36.2 Å². The largest absolute Gasteiger partial charge is 0.366 e. The van der Waals surface area contributed by atoms with Crippen molar-refractivity contribution < 1.29 is 0 Å². The molecule has 4 nitrogen and oxygen atoms in total. The maximum absolute atomic E-state index is 4.46. The molecule has 0 saturated carbocycles. The fourth-order valence-corrected chi connectivity index (χ4v) is 3.24. The predicted octanol–water partition coefficient (Wildman–Crippen LogP) is 2.59. The molecule has 1 aromatic heterocycles. The molecule has 2 aliphatic rings. The van der Waals surface area contributed by atoms with Crippen LogP contribution < -0.4 is 10.2 Å². The van der Waals surface area contributed by atoms with Crippen LogP contribution in [0.1, 0.15) is 32.3 Å². The lowest BCUT2D eigenvalue weighted by atomic mass is 10.0. The third-order valence-electron chi connectivity index (χ3n) is 3.67. The second-order valence-electron chi connectivity index (χ2n) is 5.67. The fourth-order valence-electron chi connectivity index (χ4n) is 2.58. The zero-order chi connectivity index (χ0) is 14.7. The molecule has 1 aromatic rings. The van der Waals surface area contributed by atoms with Gasteiger partial charge < -0.3 is 10.2 Å². The first-order chi connectivity index (χ1) is 10.2. The number of thioether (sulfide) groups is 1. The van der Waals surface area contributed by atoms with E-state index < -0.39 is 0 Å². The Morgan fingerprint density at radius 3 is 2.76 bits per heavy atom. The third kappa shape index (κ3) is 3.70. The summed E-state index contributed by atoms with van der Waals surface area (Å²) in [6, 6.07) is 0. The Labute approximate surface area is 130 Å². The molecule has 3 rings (SSSR count). The van der Waals surface area contributed by atoms with E-state index in [4.69, 9.17) is 0 Å². The van der Waals surface area contributed by atoms with Gasteiger partial charge in [0.25, 0.3) is 0 Å². The molecule has 3 heterocycles. The second-order valence-corrected chi connectivity index (χ2v) is 6.88. The molecule has 1 fully saturated rings. The Hall–Kier alpha value is -1.67. The highest BCUT2D eigenvalue weighted by molar-refractivity contribution is 8.02. The number of rotatable bonds is 1. The van der Waals surface area contributed by atoms with Gasteiger partial charge in [0.1, 0.15) is 0 Å². The van der Waals surface area contributed by atoms with Gasteiger partial charge in [-0.1, -0.05) is 12.8 Å². The number of aromatic nitrogens is 2. The minimum atomic E-state index is 0.411. The van der Waals surface area contributed by atoms with Gasteiger partial charge in [0.05, 0.1) is 16.6 Å². The average molecular weight is 300 g/mol. The molecule has 21 heavy (non-hydrogen) atoms. The number of nitrogens with one attached hydrogen (secondary N) is 1. The van der Waals surface area contributed by atoms with Crippen LogP contribution in [0.15, 0.2) is 23.5 Å². The van der Waals surface area contributed by atoms with Crippen molar-refractivity contribution >= 4 is 17.7 Å². The number of nitrogens with zero attached hydrogens (tertiary/aromatic N) is 3. The lowest BCUT2D eigenvalue weighted by Gasteiger charge is -2.30. The monoisotopic (exact) mass is 300 g/mol. The summed E-state index contributed by atoms with van der Waals surface area (Å²) in [4.78, 5) is 11.2. The minimum Gasteiger partial charge on any atom is -0.366 e. The molecular formula is C16H20N4S. The molecule has 0 amide bonds. The van der Waals surface area contributed by atoms with E-state index >= 15 is 0 Å². The van der Waals surface area contributed by atoms with Gasteiger partial charge in [-0.25, -0.2) is 9.97 Å². The molecule has 0 bridgehead atoms.